The third-order valence-corrected chi connectivity index (χ3v) is 3.54. The molecule has 0 aromatic carbocycles. The van der Waals surface area contributed by atoms with Crippen molar-refractivity contribution in [3.05, 3.63) is 0 Å². The molecule has 0 aliphatic heterocycles. The maximum atomic E-state index is 11.7. The molecular formula is C8H20N4O3S. The molecule has 0 spiro atoms. The molecule has 0 aromatic heterocycles. The molecule has 0 heterocycles. The molecule has 8 heteroatoms. The van der Waals surface area contributed by atoms with Crippen LogP contribution in [0.4, 0.5) is 0 Å². The van der Waals surface area contributed by atoms with Gasteiger partial charge in [-0.2, -0.15) is 12.7 Å². The average molecular weight is 252 g/mol. The normalized spacial score (nSPS) is 11.9. The van der Waals surface area contributed by atoms with Crippen molar-refractivity contribution in [1.29, 1.82) is 5.41 Å². The zero-order chi connectivity index (χ0) is 12.6. The second-order valence-corrected chi connectivity index (χ2v) is 4.93. The van der Waals surface area contributed by atoms with Gasteiger partial charge in [0, 0.05) is 33.2 Å². The lowest BCUT2D eigenvalue weighted by Crippen LogP contribution is -2.43. The summed E-state index contributed by atoms with van der Waals surface area (Å²) in [7, 11) is -1.99. The molecule has 0 bridgehead atoms. The first-order chi connectivity index (χ1) is 7.44. The van der Waals surface area contributed by atoms with Gasteiger partial charge in [0.15, 0.2) is 0 Å². The Morgan fingerprint density at radius 1 is 1.50 bits per heavy atom. The van der Waals surface area contributed by atoms with Crippen LogP contribution in [0.1, 0.15) is 13.3 Å². The lowest BCUT2D eigenvalue weighted by molar-refractivity contribution is 0.179. The molecule has 0 unspecified atom stereocenters. The number of ether oxygens (including phenoxy) is 1. The summed E-state index contributed by atoms with van der Waals surface area (Å²) in [5, 5.41) is 7.08. The van der Waals surface area contributed by atoms with E-state index in [9.17, 15) is 8.42 Å². The Morgan fingerprint density at radius 2 is 2.12 bits per heavy atom. The van der Waals surface area contributed by atoms with E-state index in [0.29, 0.717) is 13.2 Å². The van der Waals surface area contributed by atoms with Crippen LogP contribution < -0.4 is 10.5 Å². The van der Waals surface area contributed by atoms with E-state index in [1.807, 2.05) is 0 Å². The monoisotopic (exact) mass is 252 g/mol. The SMILES string of the molecule is CCNS(=O)(=O)N(CCOC)CCC(=N)N. The van der Waals surface area contributed by atoms with Gasteiger partial charge in [0.2, 0.25) is 0 Å². The second-order valence-electron chi connectivity index (χ2n) is 3.17. The summed E-state index contributed by atoms with van der Waals surface area (Å²) in [6, 6.07) is 0. The van der Waals surface area contributed by atoms with Gasteiger partial charge in [0.05, 0.1) is 12.4 Å². The Bertz CT molecular complexity index is 304. The fraction of sp³-hybridized carbons (Fsp3) is 0.875. The Balaban J connectivity index is 4.45. The fourth-order valence-corrected chi connectivity index (χ4v) is 2.26. The summed E-state index contributed by atoms with van der Waals surface area (Å²) in [5.74, 6) is -0.0332. The minimum Gasteiger partial charge on any atom is -0.388 e. The first-order valence-corrected chi connectivity index (χ1v) is 6.44. The average Bonchev–Trinajstić information content (AvgIpc) is 2.16. The van der Waals surface area contributed by atoms with Crippen LogP contribution in [-0.2, 0) is 14.9 Å². The lowest BCUT2D eigenvalue weighted by atomic mass is 10.4. The van der Waals surface area contributed by atoms with Crippen molar-refractivity contribution >= 4 is 16.0 Å². The summed E-state index contributed by atoms with van der Waals surface area (Å²) in [5.41, 5.74) is 5.20. The fourth-order valence-electron chi connectivity index (χ4n) is 1.06. The van der Waals surface area contributed by atoms with Crippen molar-refractivity contribution in [2.75, 3.05) is 33.4 Å². The van der Waals surface area contributed by atoms with Gasteiger partial charge < -0.3 is 10.5 Å². The standard InChI is InChI=1S/C8H20N4O3S/c1-3-11-16(13,14)12(6-7-15-2)5-4-8(9)10/h11H,3-7H2,1-2H3,(H3,9,10). The van der Waals surface area contributed by atoms with Crippen LogP contribution in [0.3, 0.4) is 0 Å². The van der Waals surface area contributed by atoms with Crippen molar-refractivity contribution in [2.24, 2.45) is 5.73 Å². The van der Waals surface area contributed by atoms with Crippen LogP contribution in [0.25, 0.3) is 0 Å². The van der Waals surface area contributed by atoms with E-state index in [1.165, 1.54) is 11.4 Å². The van der Waals surface area contributed by atoms with E-state index in [2.05, 4.69) is 4.72 Å². The van der Waals surface area contributed by atoms with Crippen LogP contribution in [-0.4, -0.2) is 51.9 Å². The van der Waals surface area contributed by atoms with Crippen LogP contribution >= 0.6 is 0 Å². The number of nitrogens with zero attached hydrogens (tertiary/aromatic N) is 1. The van der Waals surface area contributed by atoms with Gasteiger partial charge >= 0.3 is 0 Å². The molecule has 0 amide bonds. The number of nitrogens with two attached hydrogens (primary N) is 1. The molecule has 0 atom stereocenters. The van der Waals surface area contributed by atoms with E-state index >= 15 is 0 Å². The Hall–Kier alpha value is -0.700. The zero-order valence-electron chi connectivity index (χ0n) is 9.69. The molecule has 0 aromatic rings. The maximum Gasteiger partial charge on any atom is 0.279 e. The van der Waals surface area contributed by atoms with Gasteiger partial charge in [-0.3, -0.25) is 5.41 Å². The highest BCUT2D eigenvalue weighted by Gasteiger charge is 2.20. The van der Waals surface area contributed by atoms with Crippen LogP contribution in [0.15, 0.2) is 0 Å². The van der Waals surface area contributed by atoms with Crippen molar-refractivity contribution in [1.82, 2.24) is 9.03 Å². The number of amidine groups is 1. The predicted octanol–water partition coefficient (Wildman–Crippen LogP) is -0.885. The van der Waals surface area contributed by atoms with Gasteiger partial charge in [0.25, 0.3) is 10.2 Å². The van der Waals surface area contributed by atoms with Crippen LogP contribution in [0.2, 0.25) is 0 Å². The second kappa shape index (κ2) is 7.55. The van der Waals surface area contributed by atoms with Gasteiger partial charge in [-0.15, -0.1) is 0 Å². The quantitative estimate of drug-likeness (QED) is 0.365. The molecule has 0 radical (unpaired) electrons. The molecule has 96 valence electrons. The Morgan fingerprint density at radius 3 is 2.56 bits per heavy atom. The predicted molar refractivity (Wildman–Crippen MR) is 62.6 cm³/mol. The van der Waals surface area contributed by atoms with Crippen molar-refractivity contribution in [3.63, 3.8) is 0 Å². The Kier molecular flexibility index (Phi) is 7.22. The molecule has 0 aliphatic rings. The van der Waals surface area contributed by atoms with Crippen molar-refractivity contribution in [2.45, 2.75) is 13.3 Å². The van der Waals surface area contributed by atoms with Crippen LogP contribution in [0.5, 0.6) is 0 Å². The van der Waals surface area contributed by atoms with E-state index in [4.69, 9.17) is 15.9 Å². The number of methoxy groups -OCH3 is 1. The summed E-state index contributed by atoms with van der Waals surface area (Å²) in [6.45, 7) is 2.78. The zero-order valence-corrected chi connectivity index (χ0v) is 10.5. The van der Waals surface area contributed by atoms with E-state index in [1.54, 1.807) is 6.92 Å². The van der Waals surface area contributed by atoms with Gasteiger partial charge in [0.1, 0.15) is 0 Å². The summed E-state index contributed by atoms with van der Waals surface area (Å²) in [6.07, 6.45) is 0.217. The maximum absolute atomic E-state index is 11.7. The molecule has 7 nitrogen and oxygen atoms in total. The third-order valence-electron chi connectivity index (χ3n) is 1.84. The molecular weight excluding hydrogens is 232 g/mol. The Labute approximate surface area is 96.6 Å². The van der Waals surface area contributed by atoms with E-state index in [-0.39, 0.29) is 25.3 Å². The van der Waals surface area contributed by atoms with Crippen LogP contribution in [0, 0.1) is 5.41 Å². The molecule has 0 saturated heterocycles. The summed E-state index contributed by atoms with van der Waals surface area (Å²) < 4.78 is 31.8. The molecule has 0 aliphatic carbocycles. The number of nitrogens with one attached hydrogen (secondary N) is 2. The van der Waals surface area contributed by atoms with E-state index in [0.717, 1.165) is 0 Å². The third kappa shape index (κ3) is 6.01. The molecule has 4 N–H and O–H groups in total. The van der Waals surface area contributed by atoms with Crippen molar-refractivity contribution < 1.29 is 13.2 Å². The topological polar surface area (TPSA) is 109 Å². The van der Waals surface area contributed by atoms with Gasteiger partial charge in [-0.1, -0.05) is 6.92 Å². The highest BCUT2D eigenvalue weighted by atomic mass is 32.2. The van der Waals surface area contributed by atoms with E-state index < -0.39 is 10.2 Å². The van der Waals surface area contributed by atoms with Gasteiger partial charge in [-0.05, 0) is 0 Å². The number of hydrogen-bond acceptors (Lipinski definition) is 4. The molecule has 0 rings (SSSR count). The molecule has 16 heavy (non-hydrogen) atoms. The first kappa shape index (κ1) is 15.3. The first-order valence-electron chi connectivity index (χ1n) is 5.00. The minimum atomic E-state index is -3.49. The minimum absolute atomic E-state index is 0.0332. The number of rotatable bonds is 9. The molecule has 0 fully saturated rings. The van der Waals surface area contributed by atoms with Crippen molar-refractivity contribution in [3.8, 4) is 0 Å². The number of hydrogen-bond donors (Lipinski definition) is 3. The highest BCUT2D eigenvalue weighted by molar-refractivity contribution is 7.87. The lowest BCUT2D eigenvalue weighted by Gasteiger charge is -2.21. The highest BCUT2D eigenvalue weighted by Crippen LogP contribution is 1.99. The summed E-state index contributed by atoms with van der Waals surface area (Å²) >= 11 is 0. The smallest absolute Gasteiger partial charge is 0.279 e. The summed E-state index contributed by atoms with van der Waals surface area (Å²) in [4.78, 5) is 0. The van der Waals surface area contributed by atoms with Gasteiger partial charge in [-0.25, -0.2) is 4.72 Å². The molecule has 0 saturated carbocycles. The largest absolute Gasteiger partial charge is 0.388 e.